The van der Waals surface area contributed by atoms with Crippen molar-refractivity contribution < 1.29 is 4.79 Å². The molecule has 78 valence electrons. The molecule has 0 unspecified atom stereocenters. The topological polar surface area (TPSA) is 20.3 Å². The van der Waals surface area contributed by atoms with E-state index in [2.05, 4.69) is 13.8 Å². The number of hydrogen-bond donors (Lipinski definition) is 0. The Labute approximate surface area is 96.1 Å². The number of thiophene rings is 2. The van der Waals surface area contributed by atoms with Gasteiger partial charge in [0, 0.05) is 39.0 Å². The molecule has 0 N–H and O–H groups in total. The lowest BCUT2D eigenvalue weighted by Crippen LogP contribution is -2.17. The number of amides is 1. The van der Waals surface area contributed by atoms with Crippen LogP contribution < -0.4 is 0 Å². The van der Waals surface area contributed by atoms with Gasteiger partial charge in [-0.05, 0) is 13.8 Å². The van der Waals surface area contributed by atoms with Crippen molar-refractivity contribution in [3.63, 3.8) is 0 Å². The number of hydrogen-bond acceptors (Lipinski definition) is 3. The van der Waals surface area contributed by atoms with Gasteiger partial charge in [0.05, 0.1) is 4.88 Å². The smallest absolute Gasteiger partial charge is 0.264 e. The van der Waals surface area contributed by atoms with Gasteiger partial charge in [-0.25, -0.2) is 0 Å². The molecule has 2 aromatic rings. The SMILES string of the molecule is Cc1sc(C)c2c3c(sc12)C(=O)N(C)C3. The molecule has 0 fully saturated rings. The fourth-order valence-corrected chi connectivity index (χ4v) is 4.77. The van der Waals surface area contributed by atoms with E-state index in [0.717, 1.165) is 11.4 Å². The summed E-state index contributed by atoms with van der Waals surface area (Å²) in [6.07, 6.45) is 0. The Balaban J connectivity index is 2.40. The summed E-state index contributed by atoms with van der Waals surface area (Å²) in [6.45, 7) is 5.07. The minimum Gasteiger partial charge on any atom is -0.337 e. The standard InChI is InChI=1S/C11H11NOS2/c1-5-8-7-4-12(3)11(13)10(7)15-9(8)6(2)14-5/h4H2,1-3H3. The average Bonchev–Trinajstić information content (AvgIpc) is 2.74. The lowest BCUT2D eigenvalue weighted by molar-refractivity contribution is 0.0820. The maximum atomic E-state index is 11.8. The van der Waals surface area contributed by atoms with Crippen LogP contribution in [-0.4, -0.2) is 17.9 Å². The van der Waals surface area contributed by atoms with E-state index in [4.69, 9.17) is 0 Å². The molecule has 2 aromatic heterocycles. The van der Waals surface area contributed by atoms with Gasteiger partial charge in [0.15, 0.2) is 0 Å². The van der Waals surface area contributed by atoms with Gasteiger partial charge in [-0.15, -0.1) is 22.7 Å². The first-order valence-corrected chi connectivity index (χ1v) is 6.49. The lowest BCUT2D eigenvalue weighted by Gasteiger charge is -2.05. The second-order valence-electron chi connectivity index (χ2n) is 3.99. The predicted molar refractivity (Wildman–Crippen MR) is 65.0 cm³/mol. The molecule has 0 atom stereocenters. The zero-order chi connectivity index (χ0) is 10.7. The van der Waals surface area contributed by atoms with Crippen molar-refractivity contribution in [2.75, 3.05) is 7.05 Å². The maximum absolute atomic E-state index is 11.8. The second kappa shape index (κ2) is 2.83. The monoisotopic (exact) mass is 237 g/mol. The van der Waals surface area contributed by atoms with Crippen LogP contribution >= 0.6 is 22.7 Å². The van der Waals surface area contributed by atoms with Gasteiger partial charge in [-0.3, -0.25) is 4.79 Å². The molecule has 1 aliphatic rings. The number of carbonyl (C=O) groups excluding carboxylic acids is 1. The first kappa shape index (κ1) is 9.36. The Kier molecular flexibility index (Phi) is 1.77. The third kappa shape index (κ3) is 1.06. The Morgan fingerprint density at radius 1 is 1.20 bits per heavy atom. The first-order chi connectivity index (χ1) is 7.09. The van der Waals surface area contributed by atoms with Crippen LogP contribution in [0.5, 0.6) is 0 Å². The van der Waals surface area contributed by atoms with Crippen molar-refractivity contribution in [3.05, 3.63) is 20.2 Å². The highest BCUT2D eigenvalue weighted by Crippen LogP contribution is 2.43. The summed E-state index contributed by atoms with van der Waals surface area (Å²) in [5.74, 6) is 0.190. The quantitative estimate of drug-likeness (QED) is 0.689. The number of fused-ring (bicyclic) bond motifs is 3. The van der Waals surface area contributed by atoms with Gasteiger partial charge < -0.3 is 4.90 Å². The molecule has 4 heteroatoms. The second-order valence-corrected chi connectivity index (χ2v) is 6.44. The summed E-state index contributed by atoms with van der Waals surface area (Å²) in [5.41, 5.74) is 1.25. The largest absolute Gasteiger partial charge is 0.337 e. The summed E-state index contributed by atoms with van der Waals surface area (Å²) in [5, 5.41) is 1.34. The highest BCUT2D eigenvalue weighted by Gasteiger charge is 2.30. The van der Waals surface area contributed by atoms with E-state index < -0.39 is 0 Å². The van der Waals surface area contributed by atoms with Gasteiger partial charge in [0.2, 0.25) is 0 Å². The zero-order valence-corrected chi connectivity index (χ0v) is 10.5. The molecule has 2 nitrogen and oxygen atoms in total. The Morgan fingerprint density at radius 2 is 1.93 bits per heavy atom. The van der Waals surface area contributed by atoms with Crippen LogP contribution in [0, 0.1) is 13.8 Å². The summed E-state index contributed by atoms with van der Waals surface area (Å²) < 4.78 is 1.32. The molecule has 0 spiro atoms. The third-order valence-corrected chi connectivity index (χ3v) is 5.41. The third-order valence-electron chi connectivity index (χ3n) is 2.92. The summed E-state index contributed by atoms with van der Waals surface area (Å²) in [7, 11) is 1.87. The Bertz CT molecular complexity index is 579. The van der Waals surface area contributed by atoms with Gasteiger partial charge in [-0.1, -0.05) is 0 Å². The van der Waals surface area contributed by atoms with Crippen LogP contribution in [0.25, 0.3) is 10.1 Å². The van der Waals surface area contributed by atoms with E-state index in [1.54, 1.807) is 16.2 Å². The van der Waals surface area contributed by atoms with Crippen LogP contribution in [0.1, 0.15) is 25.0 Å². The van der Waals surface area contributed by atoms with Crippen molar-refractivity contribution in [1.29, 1.82) is 0 Å². The summed E-state index contributed by atoms with van der Waals surface area (Å²) in [4.78, 5) is 17.3. The lowest BCUT2D eigenvalue weighted by atomic mass is 10.2. The zero-order valence-electron chi connectivity index (χ0n) is 8.88. The maximum Gasteiger partial charge on any atom is 0.264 e. The molecule has 15 heavy (non-hydrogen) atoms. The van der Waals surface area contributed by atoms with Crippen LogP contribution in [0.15, 0.2) is 0 Å². The molecule has 1 amide bonds. The fraction of sp³-hybridized carbons (Fsp3) is 0.364. The number of rotatable bonds is 0. The van der Waals surface area contributed by atoms with Gasteiger partial charge in [0.1, 0.15) is 0 Å². The van der Waals surface area contributed by atoms with E-state index in [-0.39, 0.29) is 5.91 Å². The molecular formula is C11H11NOS2. The molecule has 0 saturated carbocycles. The molecule has 3 heterocycles. The molecule has 0 aromatic carbocycles. The normalized spacial score (nSPS) is 15.4. The van der Waals surface area contributed by atoms with Crippen molar-refractivity contribution >= 4 is 38.7 Å². The summed E-state index contributed by atoms with van der Waals surface area (Å²) in [6, 6.07) is 0. The minimum absolute atomic E-state index is 0.190. The van der Waals surface area contributed by atoms with Crippen LogP contribution in [0.4, 0.5) is 0 Å². The van der Waals surface area contributed by atoms with Crippen LogP contribution in [0.3, 0.4) is 0 Å². The summed E-state index contributed by atoms with van der Waals surface area (Å²) >= 11 is 3.50. The molecule has 0 radical (unpaired) electrons. The van der Waals surface area contributed by atoms with E-state index in [1.165, 1.54) is 25.4 Å². The molecule has 0 saturated heterocycles. The fourth-order valence-electron chi connectivity index (χ4n) is 2.22. The van der Waals surface area contributed by atoms with Crippen LogP contribution in [0.2, 0.25) is 0 Å². The molecule has 1 aliphatic heterocycles. The van der Waals surface area contributed by atoms with Gasteiger partial charge in [-0.2, -0.15) is 0 Å². The molecule has 3 rings (SSSR count). The van der Waals surface area contributed by atoms with Crippen molar-refractivity contribution in [1.82, 2.24) is 4.90 Å². The highest BCUT2D eigenvalue weighted by atomic mass is 32.1. The highest BCUT2D eigenvalue weighted by molar-refractivity contribution is 7.25. The van der Waals surface area contributed by atoms with Gasteiger partial charge in [0.25, 0.3) is 5.91 Å². The average molecular weight is 237 g/mol. The predicted octanol–water partition coefficient (Wildman–Crippen LogP) is 3.17. The molecule has 0 aliphatic carbocycles. The van der Waals surface area contributed by atoms with E-state index in [0.29, 0.717) is 0 Å². The van der Waals surface area contributed by atoms with Gasteiger partial charge >= 0.3 is 0 Å². The van der Waals surface area contributed by atoms with E-state index >= 15 is 0 Å². The van der Waals surface area contributed by atoms with E-state index in [1.807, 2.05) is 18.4 Å². The van der Waals surface area contributed by atoms with Crippen molar-refractivity contribution in [2.45, 2.75) is 20.4 Å². The first-order valence-electron chi connectivity index (χ1n) is 4.86. The van der Waals surface area contributed by atoms with E-state index in [9.17, 15) is 4.79 Å². The number of nitrogens with zero attached hydrogens (tertiary/aromatic N) is 1. The van der Waals surface area contributed by atoms with Crippen LogP contribution in [-0.2, 0) is 6.54 Å². The minimum atomic E-state index is 0.190. The van der Waals surface area contributed by atoms with Crippen molar-refractivity contribution in [3.8, 4) is 0 Å². The Morgan fingerprint density at radius 3 is 2.67 bits per heavy atom. The molecule has 0 bridgehead atoms. The number of carbonyl (C=O) groups is 1. The molecular weight excluding hydrogens is 226 g/mol. The number of aryl methyl sites for hydroxylation is 2. The Hall–Kier alpha value is -0.870. The van der Waals surface area contributed by atoms with Crippen molar-refractivity contribution in [2.24, 2.45) is 0 Å².